The minimum atomic E-state index is -0.493. The van der Waals surface area contributed by atoms with Crippen molar-refractivity contribution in [2.75, 3.05) is 19.6 Å². The van der Waals surface area contributed by atoms with Gasteiger partial charge in [0.15, 0.2) is 0 Å². The molecule has 1 aliphatic rings. The zero-order valence-electron chi connectivity index (χ0n) is 18.1. The summed E-state index contributed by atoms with van der Waals surface area (Å²) in [6.45, 7) is 9.65. The SMILES string of the molecule is CCCCCCCCCCCCNC(=O)[C@H]1CCN(C(=O)OC(C)(C)C)C1. The van der Waals surface area contributed by atoms with Crippen molar-refractivity contribution in [1.29, 1.82) is 0 Å². The Hall–Kier alpha value is -1.26. The van der Waals surface area contributed by atoms with Crippen molar-refractivity contribution in [3.8, 4) is 0 Å². The number of nitrogens with one attached hydrogen (secondary N) is 1. The molecule has 2 amide bonds. The molecular formula is C22H42N2O3. The summed E-state index contributed by atoms with van der Waals surface area (Å²) in [6, 6.07) is 0. The molecule has 5 heteroatoms. The lowest BCUT2D eigenvalue weighted by Crippen LogP contribution is -2.37. The number of ether oxygens (including phenoxy) is 1. The minimum absolute atomic E-state index is 0.0805. The molecule has 1 fully saturated rings. The van der Waals surface area contributed by atoms with Crippen LogP contribution < -0.4 is 5.32 Å². The van der Waals surface area contributed by atoms with Gasteiger partial charge in [0.25, 0.3) is 0 Å². The van der Waals surface area contributed by atoms with E-state index in [2.05, 4.69) is 12.2 Å². The molecule has 0 aliphatic carbocycles. The molecule has 5 nitrogen and oxygen atoms in total. The van der Waals surface area contributed by atoms with Gasteiger partial charge < -0.3 is 15.0 Å². The zero-order chi connectivity index (χ0) is 20.1. The topological polar surface area (TPSA) is 58.6 Å². The molecule has 158 valence electrons. The van der Waals surface area contributed by atoms with Crippen LogP contribution in [0.5, 0.6) is 0 Å². The Bertz CT molecular complexity index is 432. The molecule has 1 N–H and O–H groups in total. The van der Waals surface area contributed by atoms with Crippen LogP contribution in [-0.4, -0.2) is 42.1 Å². The standard InChI is InChI=1S/C22H42N2O3/c1-5-6-7-8-9-10-11-12-13-14-16-23-20(25)19-15-17-24(18-19)21(26)27-22(2,3)4/h19H,5-18H2,1-4H3,(H,23,25)/t19-/m0/s1. The first-order valence-corrected chi connectivity index (χ1v) is 11.1. The summed E-state index contributed by atoms with van der Waals surface area (Å²) in [6.07, 6.45) is 13.4. The number of nitrogens with zero attached hydrogens (tertiary/aromatic N) is 1. The molecule has 0 radical (unpaired) electrons. The number of carbonyl (C=O) groups excluding carboxylic acids is 2. The molecule has 27 heavy (non-hydrogen) atoms. The average molecular weight is 383 g/mol. The van der Waals surface area contributed by atoms with E-state index >= 15 is 0 Å². The van der Waals surface area contributed by atoms with Crippen molar-refractivity contribution in [3.63, 3.8) is 0 Å². The molecule has 0 aromatic carbocycles. The van der Waals surface area contributed by atoms with Crippen molar-refractivity contribution >= 4 is 12.0 Å². The van der Waals surface area contributed by atoms with Crippen LogP contribution in [-0.2, 0) is 9.53 Å². The third kappa shape index (κ3) is 11.2. The molecule has 0 saturated carbocycles. The second-order valence-electron chi connectivity index (χ2n) is 8.88. The van der Waals surface area contributed by atoms with Crippen molar-refractivity contribution in [1.82, 2.24) is 10.2 Å². The number of unbranched alkanes of at least 4 members (excludes halogenated alkanes) is 9. The van der Waals surface area contributed by atoms with Crippen LogP contribution in [0.3, 0.4) is 0 Å². The maximum absolute atomic E-state index is 12.3. The van der Waals surface area contributed by atoms with Gasteiger partial charge >= 0.3 is 6.09 Å². The van der Waals surface area contributed by atoms with Gasteiger partial charge in [0, 0.05) is 19.6 Å². The van der Waals surface area contributed by atoms with Crippen LogP contribution in [0.4, 0.5) is 4.79 Å². The highest BCUT2D eigenvalue weighted by atomic mass is 16.6. The lowest BCUT2D eigenvalue weighted by molar-refractivity contribution is -0.124. The second kappa shape index (κ2) is 13.0. The Labute approximate surface area is 166 Å². The van der Waals surface area contributed by atoms with Gasteiger partial charge in [0.05, 0.1) is 5.92 Å². The normalized spacial score (nSPS) is 17.2. The van der Waals surface area contributed by atoms with Gasteiger partial charge in [-0.15, -0.1) is 0 Å². The van der Waals surface area contributed by atoms with Gasteiger partial charge in [-0.2, -0.15) is 0 Å². The molecule has 1 heterocycles. The van der Waals surface area contributed by atoms with Gasteiger partial charge in [0.1, 0.15) is 5.60 Å². The van der Waals surface area contributed by atoms with Crippen molar-refractivity contribution < 1.29 is 14.3 Å². The van der Waals surface area contributed by atoms with Crippen LogP contribution in [0.1, 0.15) is 98.3 Å². The molecule has 0 bridgehead atoms. The smallest absolute Gasteiger partial charge is 0.410 e. The van der Waals surface area contributed by atoms with E-state index in [1.165, 1.54) is 57.8 Å². The maximum atomic E-state index is 12.3. The fourth-order valence-corrected chi connectivity index (χ4v) is 3.43. The first kappa shape index (κ1) is 23.8. The summed E-state index contributed by atoms with van der Waals surface area (Å²) >= 11 is 0. The Morgan fingerprint density at radius 2 is 1.52 bits per heavy atom. The summed E-state index contributed by atoms with van der Waals surface area (Å²) in [5.74, 6) is -0.0161. The monoisotopic (exact) mass is 382 g/mol. The third-order valence-electron chi connectivity index (χ3n) is 5.04. The van der Waals surface area contributed by atoms with Crippen molar-refractivity contribution in [3.05, 3.63) is 0 Å². The van der Waals surface area contributed by atoms with Crippen LogP contribution in [0.2, 0.25) is 0 Å². The third-order valence-corrected chi connectivity index (χ3v) is 5.04. The fourth-order valence-electron chi connectivity index (χ4n) is 3.43. The van der Waals surface area contributed by atoms with E-state index in [9.17, 15) is 9.59 Å². The number of rotatable bonds is 12. The molecule has 1 atom stereocenters. The van der Waals surface area contributed by atoms with E-state index in [1.807, 2.05) is 20.8 Å². The quantitative estimate of drug-likeness (QED) is 0.467. The predicted octanol–water partition coefficient (Wildman–Crippen LogP) is 5.28. The number of likely N-dealkylation sites (tertiary alicyclic amines) is 1. The molecule has 0 aromatic heterocycles. The van der Waals surface area contributed by atoms with Gasteiger partial charge in [-0.3, -0.25) is 4.79 Å². The zero-order valence-corrected chi connectivity index (χ0v) is 18.1. The van der Waals surface area contributed by atoms with Crippen LogP contribution >= 0.6 is 0 Å². The van der Waals surface area contributed by atoms with Crippen LogP contribution in [0.25, 0.3) is 0 Å². The Balaban J connectivity index is 2.02. The van der Waals surface area contributed by atoms with Gasteiger partial charge in [-0.05, 0) is 33.6 Å². The highest BCUT2D eigenvalue weighted by Gasteiger charge is 2.33. The molecule has 1 rings (SSSR count). The first-order chi connectivity index (χ1) is 12.8. The minimum Gasteiger partial charge on any atom is -0.444 e. The highest BCUT2D eigenvalue weighted by Crippen LogP contribution is 2.19. The largest absolute Gasteiger partial charge is 0.444 e. The molecule has 0 aromatic rings. The summed E-state index contributed by atoms with van der Waals surface area (Å²) in [5, 5.41) is 3.04. The summed E-state index contributed by atoms with van der Waals surface area (Å²) < 4.78 is 5.38. The summed E-state index contributed by atoms with van der Waals surface area (Å²) in [4.78, 5) is 26.0. The number of hydrogen-bond donors (Lipinski definition) is 1. The number of hydrogen-bond acceptors (Lipinski definition) is 3. The Morgan fingerprint density at radius 1 is 0.963 bits per heavy atom. The average Bonchev–Trinajstić information content (AvgIpc) is 3.08. The van der Waals surface area contributed by atoms with E-state index in [4.69, 9.17) is 4.74 Å². The van der Waals surface area contributed by atoms with Crippen LogP contribution in [0, 0.1) is 5.92 Å². The predicted molar refractivity (Wildman–Crippen MR) is 111 cm³/mol. The molecule has 0 spiro atoms. The number of amides is 2. The van der Waals surface area contributed by atoms with Gasteiger partial charge in [-0.25, -0.2) is 4.79 Å². The van der Waals surface area contributed by atoms with E-state index in [0.29, 0.717) is 13.1 Å². The molecule has 0 unspecified atom stereocenters. The Kier molecular flexibility index (Phi) is 11.5. The lowest BCUT2D eigenvalue weighted by Gasteiger charge is -2.24. The highest BCUT2D eigenvalue weighted by molar-refractivity contribution is 5.80. The molecule has 1 aliphatic heterocycles. The summed E-state index contributed by atoms with van der Waals surface area (Å²) in [5.41, 5.74) is -0.493. The van der Waals surface area contributed by atoms with E-state index in [1.54, 1.807) is 4.90 Å². The molecular weight excluding hydrogens is 340 g/mol. The first-order valence-electron chi connectivity index (χ1n) is 11.1. The van der Waals surface area contributed by atoms with E-state index in [0.717, 1.165) is 19.4 Å². The van der Waals surface area contributed by atoms with Gasteiger partial charge in [-0.1, -0.05) is 64.7 Å². The maximum Gasteiger partial charge on any atom is 0.410 e. The van der Waals surface area contributed by atoms with Crippen molar-refractivity contribution in [2.45, 2.75) is 104 Å². The number of carbonyl (C=O) groups is 2. The summed E-state index contributed by atoms with van der Waals surface area (Å²) in [7, 11) is 0. The van der Waals surface area contributed by atoms with Gasteiger partial charge in [0.2, 0.25) is 5.91 Å². The van der Waals surface area contributed by atoms with E-state index < -0.39 is 5.60 Å². The van der Waals surface area contributed by atoms with Crippen molar-refractivity contribution in [2.24, 2.45) is 5.92 Å². The lowest BCUT2D eigenvalue weighted by atomic mass is 10.1. The fraction of sp³-hybridized carbons (Fsp3) is 0.909. The van der Waals surface area contributed by atoms with E-state index in [-0.39, 0.29) is 17.9 Å². The molecule has 1 saturated heterocycles. The Morgan fingerprint density at radius 3 is 2.07 bits per heavy atom. The van der Waals surface area contributed by atoms with Crippen LogP contribution in [0.15, 0.2) is 0 Å². The second-order valence-corrected chi connectivity index (χ2v) is 8.88.